The van der Waals surface area contributed by atoms with Gasteiger partial charge in [0.05, 0.1) is 51.9 Å². The highest BCUT2D eigenvalue weighted by Crippen LogP contribution is 2.41. The molecule has 4 rings (SSSR count). The summed E-state index contributed by atoms with van der Waals surface area (Å²) in [6.45, 7) is 6.84. The highest BCUT2D eigenvalue weighted by Gasteiger charge is 2.40. The zero-order chi connectivity index (χ0) is 48.9. The fourth-order valence-corrected chi connectivity index (χ4v) is 5.04. The maximum Gasteiger partial charge on any atom is 0.417 e. The Labute approximate surface area is 352 Å². The average Bonchev–Trinajstić information content (AvgIpc) is 3.17. The van der Waals surface area contributed by atoms with E-state index in [1.807, 2.05) is 50.2 Å². The van der Waals surface area contributed by atoms with Crippen LogP contribution in [0.15, 0.2) is 84.9 Å². The van der Waals surface area contributed by atoms with Gasteiger partial charge in [0.2, 0.25) is 5.82 Å². The predicted octanol–water partition coefficient (Wildman–Crippen LogP) is 8.17. The number of aliphatic hydroxyl groups is 1. The molecule has 4 aromatic rings. The van der Waals surface area contributed by atoms with Crippen molar-refractivity contribution in [1.82, 2.24) is 0 Å². The highest BCUT2D eigenvalue weighted by atomic mass is 19.4. The molecule has 4 aromatic carbocycles. The van der Waals surface area contributed by atoms with Crippen LogP contribution >= 0.6 is 0 Å². The third-order valence-corrected chi connectivity index (χ3v) is 7.34. The minimum Gasteiger partial charge on any atom is -0.480 e. The molecule has 0 heterocycles. The van der Waals surface area contributed by atoms with Crippen molar-refractivity contribution in [2.75, 3.05) is 14.2 Å². The summed E-state index contributed by atoms with van der Waals surface area (Å²) in [4.78, 5) is 74.9. The first kappa shape index (κ1) is 55.7. The Morgan fingerprint density at radius 3 is 1.32 bits per heavy atom. The topological polar surface area (TPSA) is 237 Å². The number of carbonyl (C=O) groups excluding carboxylic acids is 6. The molecular weight excluding hydrogens is 865 g/mol. The Morgan fingerprint density at radius 1 is 0.635 bits per heavy atom. The third-order valence-electron chi connectivity index (χ3n) is 7.34. The SMILES string of the molecule is CC(C)(O)Cc1ccccc1.COC(=O)c1cc([N+](=O)[O-])c(F)cc1C(F)(F)F.COC(=O)c1cc([N+](=O)[O-])c(OC(C)(C)Cc2ccccc2)cc1C(F)(F)F.O=C=O.O=C=O. The van der Waals surface area contributed by atoms with Crippen LogP contribution in [0, 0.1) is 26.0 Å². The fourth-order valence-electron chi connectivity index (χ4n) is 5.04. The molecule has 0 saturated heterocycles. The van der Waals surface area contributed by atoms with Crippen LogP contribution in [-0.4, -0.2) is 64.6 Å². The number of halogens is 7. The Hall–Kier alpha value is -7.35. The Kier molecular flexibility index (Phi) is 21.9. The summed E-state index contributed by atoms with van der Waals surface area (Å²) in [6, 6.07) is 20.1. The smallest absolute Gasteiger partial charge is 0.417 e. The van der Waals surface area contributed by atoms with Gasteiger partial charge in [-0.15, -0.1) is 0 Å². The van der Waals surface area contributed by atoms with Crippen LogP contribution in [0.5, 0.6) is 5.75 Å². The number of carbonyl (C=O) groups is 2. The number of benzene rings is 4. The lowest BCUT2D eigenvalue weighted by Crippen LogP contribution is -2.31. The summed E-state index contributed by atoms with van der Waals surface area (Å²) < 4.78 is 105. The number of ether oxygens (including phenoxy) is 3. The quantitative estimate of drug-likeness (QED) is 0.0684. The van der Waals surface area contributed by atoms with E-state index in [0.717, 1.165) is 19.8 Å². The number of methoxy groups -OCH3 is 2. The molecule has 23 heteroatoms. The first-order valence-electron chi connectivity index (χ1n) is 17.1. The first-order chi connectivity index (χ1) is 29.0. The Bertz CT molecular complexity index is 2220. The van der Waals surface area contributed by atoms with Crippen molar-refractivity contribution in [2.24, 2.45) is 0 Å². The predicted molar refractivity (Wildman–Crippen MR) is 200 cm³/mol. The summed E-state index contributed by atoms with van der Waals surface area (Å²) in [5.74, 6) is -5.03. The molecule has 0 aliphatic carbocycles. The van der Waals surface area contributed by atoms with Gasteiger partial charge in [0.15, 0.2) is 5.75 Å². The molecule has 0 aliphatic rings. The van der Waals surface area contributed by atoms with Crippen molar-refractivity contribution in [2.45, 2.75) is 64.1 Å². The van der Waals surface area contributed by atoms with E-state index >= 15 is 0 Å². The van der Waals surface area contributed by atoms with E-state index in [-0.39, 0.29) is 24.4 Å². The molecule has 0 spiro atoms. The van der Waals surface area contributed by atoms with Crippen LogP contribution in [0.4, 0.5) is 42.1 Å². The molecule has 0 unspecified atom stereocenters. The Morgan fingerprint density at radius 2 is 0.984 bits per heavy atom. The van der Waals surface area contributed by atoms with E-state index in [1.165, 1.54) is 5.56 Å². The standard InChI is InChI=1S/C19H18F3NO5.C10H14O.C9H5F4NO4.2CO2/c1-18(2,11-12-7-5-4-6-8-12)28-16-10-14(19(20,21)22)13(17(24)27-3)9-15(16)23(25)26;1-10(2,11)8-9-6-4-3-5-7-9;1-18-8(15)4-2-7(14(16)17)6(10)3-5(4)9(11,12)13;2*2-1-3/h4-10H,11H2,1-3H3;3-7,11H,8H2,1-2H3;2-3H,1H3;;. The van der Waals surface area contributed by atoms with Crippen molar-refractivity contribution in [3.63, 3.8) is 0 Å². The number of nitrogens with zero attached hydrogens (tertiary/aromatic N) is 2. The Balaban J connectivity index is 0.000000934. The summed E-state index contributed by atoms with van der Waals surface area (Å²) in [5.41, 5.74) is -6.67. The maximum atomic E-state index is 13.4. The average molecular weight is 903 g/mol. The number of hydrogen-bond donors (Lipinski definition) is 1. The van der Waals surface area contributed by atoms with E-state index in [1.54, 1.807) is 38.1 Å². The molecule has 0 aromatic heterocycles. The second-order valence-corrected chi connectivity index (χ2v) is 13.4. The van der Waals surface area contributed by atoms with E-state index < -0.39 is 90.5 Å². The van der Waals surface area contributed by atoms with Gasteiger partial charge in [0.1, 0.15) is 5.60 Å². The number of nitro benzene ring substituents is 2. The molecule has 0 bridgehead atoms. The number of esters is 2. The van der Waals surface area contributed by atoms with Gasteiger partial charge in [0.25, 0.3) is 0 Å². The molecule has 0 radical (unpaired) electrons. The number of nitro groups is 2. The molecule has 1 N–H and O–H groups in total. The zero-order valence-corrected chi connectivity index (χ0v) is 33.8. The first-order valence-corrected chi connectivity index (χ1v) is 17.1. The largest absolute Gasteiger partial charge is 0.480 e. The molecule has 63 heavy (non-hydrogen) atoms. The number of alkyl halides is 6. The maximum absolute atomic E-state index is 13.4. The van der Waals surface area contributed by atoms with Gasteiger partial charge < -0.3 is 19.3 Å². The lowest BCUT2D eigenvalue weighted by atomic mass is 9.98. The van der Waals surface area contributed by atoms with Crippen LogP contribution in [0.1, 0.15) is 70.7 Å². The van der Waals surface area contributed by atoms with Crippen molar-refractivity contribution >= 4 is 35.6 Å². The van der Waals surface area contributed by atoms with Crippen LogP contribution in [0.2, 0.25) is 0 Å². The molecule has 0 saturated carbocycles. The van der Waals surface area contributed by atoms with Gasteiger partial charge >= 0.3 is 48.0 Å². The number of rotatable bonds is 10. The molecular formula is C40H37F7N2O14. The van der Waals surface area contributed by atoms with Crippen molar-refractivity contribution < 1.29 is 88.7 Å². The van der Waals surface area contributed by atoms with Gasteiger partial charge in [-0.25, -0.2) is 9.59 Å². The van der Waals surface area contributed by atoms with Crippen molar-refractivity contribution in [3.05, 3.63) is 144 Å². The molecule has 0 amide bonds. The molecule has 0 aliphatic heterocycles. The second kappa shape index (κ2) is 24.8. The van der Waals surface area contributed by atoms with E-state index in [9.17, 15) is 65.7 Å². The van der Waals surface area contributed by atoms with Gasteiger partial charge in [0, 0.05) is 31.0 Å². The van der Waals surface area contributed by atoms with E-state index in [2.05, 4.69) is 9.47 Å². The van der Waals surface area contributed by atoms with E-state index in [0.29, 0.717) is 25.0 Å². The summed E-state index contributed by atoms with van der Waals surface area (Å²) >= 11 is 0. The van der Waals surface area contributed by atoms with Gasteiger partial charge in [-0.3, -0.25) is 20.2 Å². The van der Waals surface area contributed by atoms with Gasteiger partial charge in [-0.05, 0) is 44.9 Å². The normalized spacial score (nSPS) is 10.7. The molecule has 16 nitrogen and oxygen atoms in total. The second-order valence-electron chi connectivity index (χ2n) is 13.4. The van der Waals surface area contributed by atoms with E-state index in [4.69, 9.17) is 23.9 Å². The van der Waals surface area contributed by atoms with Crippen LogP contribution in [0.25, 0.3) is 0 Å². The lowest BCUT2D eigenvalue weighted by molar-refractivity contribution is -0.387. The van der Waals surface area contributed by atoms with Gasteiger partial charge in [-0.2, -0.15) is 49.9 Å². The minimum absolute atomic E-state index is 0.107. The van der Waals surface area contributed by atoms with Crippen molar-refractivity contribution in [3.8, 4) is 5.75 Å². The molecule has 0 atom stereocenters. The number of hydrogen-bond acceptors (Lipinski definition) is 14. The van der Waals surface area contributed by atoms with Crippen LogP contribution < -0.4 is 4.74 Å². The molecule has 340 valence electrons. The minimum atomic E-state index is -5.03. The zero-order valence-electron chi connectivity index (χ0n) is 33.8. The summed E-state index contributed by atoms with van der Waals surface area (Å²) in [6.07, 6.45) is -8.45. The summed E-state index contributed by atoms with van der Waals surface area (Å²) in [5, 5.41) is 31.2. The fraction of sp³-hybridized carbons (Fsp3) is 0.300. The molecule has 0 fully saturated rings. The van der Waals surface area contributed by atoms with Crippen molar-refractivity contribution in [1.29, 1.82) is 0 Å². The van der Waals surface area contributed by atoms with Gasteiger partial charge in [-0.1, -0.05) is 60.7 Å². The van der Waals surface area contributed by atoms with Crippen LogP contribution in [0.3, 0.4) is 0 Å². The monoisotopic (exact) mass is 902 g/mol. The third kappa shape index (κ3) is 19.7. The highest BCUT2D eigenvalue weighted by molar-refractivity contribution is 5.93. The summed E-state index contributed by atoms with van der Waals surface area (Å²) in [7, 11) is 1.69. The lowest BCUT2D eigenvalue weighted by Gasteiger charge is -2.27. The van der Waals surface area contributed by atoms with Crippen LogP contribution in [-0.2, 0) is 53.8 Å².